The largest absolute Gasteiger partial charge is 0.497 e. The summed E-state index contributed by atoms with van der Waals surface area (Å²) >= 11 is 0. The van der Waals surface area contributed by atoms with E-state index < -0.39 is 0 Å². The molecular weight excluding hydrogens is 276 g/mol. The van der Waals surface area contributed by atoms with Gasteiger partial charge in [-0.3, -0.25) is 4.57 Å². The summed E-state index contributed by atoms with van der Waals surface area (Å²) in [6.45, 7) is 2.04. The van der Waals surface area contributed by atoms with E-state index in [0.717, 1.165) is 33.4 Å². The zero-order chi connectivity index (χ0) is 15.3. The minimum atomic E-state index is 0.219. The van der Waals surface area contributed by atoms with Crippen LogP contribution in [0.15, 0.2) is 48.7 Å². The Balaban J connectivity index is 1.92. The van der Waals surface area contributed by atoms with Gasteiger partial charge in [0.2, 0.25) is 5.88 Å². The van der Waals surface area contributed by atoms with E-state index >= 15 is 0 Å². The Labute approximate surface area is 127 Å². The maximum Gasteiger partial charge on any atom is 0.203 e. The lowest BCUT2D eigenvalue weighted by molar-refractivity contribution is 0.414. The van der Waals surface area contributed by atoms with E-state index in [2.05, 4.69) is 17.1 Å². The van der Waals surface area contributed by atoms with Gasteiger partial charge in [-0.2, -0.15) is 0 Å². The number of rotatable bonds is 2. The number of H-pyrrole nitrogens is 1. The summed E-state index contributed by atoms with van der Waals surface area (Å²) in [6, 6.07) is 13.9. The van der Waals surface area contributed by atoms with Gasteiger partial charge in [0.05, 0.1) is 12.8 Å². The summed E-state index contributed by atoms with van der Waals surface area (Å²) in [4.78, 5) is 3.33. The minimum absolute atomic E-state index is 0.219. The molecule has 0 saturated carbocycles. The molecule has 0 bridgehead atoms. The number of hydrogen-bond acceptors (Lipinski definition) is 2. The van der Waals surface area contributed by atoms with Crippen molar-refractivity contribution in [1.82, 2.24) is 9.55 Å². The quantitative estimate of drug-likeness (QED) is 0.583. The highest BCUT2D eigenvalue weighted by Gasteiger charge is 2.11. The van der Waals surface area contributed by atoms with Crippen LogP contribution in [0, 0.1) is 6.92 Å². The molecule has 2 heterocycles. The van der Waals surface area contributed by atoms with E-state index in [1.54, 1.807) is 11.7 Å². The van der Waals surface area contributed by atoms with Crippen molar-refractivity contribution in [2.24, 2.45) is 0 Å². The molecule has 110 valence electrons. The normalized spacial score (nSPS) is 11.4. The van der Waals surface area contributed by atoms with Gasteiger partial charge in [0.25, 0.3) is 0 Å². The van der Waals surface area contributed by atoms with Gasteiger partial charge in [0.15, 0.2) is 0 Å². The van der Waals surface area contributed by atoms with Crippen molar-refractivity contribution in [2.75, 3.05) is 7.11 Å². The van der Waals surface area contributed by atoms with Gasteiger partial charge in [-0.1, -0.05) is 6.07 Å². The summed E-state index contributed by atoms with van der Waals surface area (Å²) in [5, 5.41) is 13.5. The Morgan fingerprint density at radius 1 is 1.05 bits per heavy atom. The van der Waals surface area contributed by atoms with E-state index in [1.807, 2.05) is 43.5 Å². The number of aryl methyl sites for hydroxylation is 1. The lowest BCUT2D eigenvalue weighted by Crippen LogP contribution is -1.90. The number of hydrogen-bond donors (Lipinski definition) is 2. The fourth-order valence-electron chi connectivity index (χ4n) is 2.91. The molecule has 0 fully saturated rings. The van der Waals surface area contributed by atoms with Crippen molar-refractivity contribution >= 4 is 21.7 Å². The van der Waals surface area contributed by atoms with Crippen LogP contribution < -0.4 is 4.74 Å². The van der Waals surface area contributed by atoms with Crippen LogP contribution in [0.25, 0.3) is 27.4 Å². The van der Waals surface area contributed by atoms with E-state index in [4.69, 9.17) is 4.74 Å². The number of methoxy groups -OCH3 is 1. The molecule has 2 aromatic carbocycles. The number of fused-ring (bicyclic) bond motifs is 2. The van der Waals surface area contributed by atoms with Gasteiger partial charge < -0.3 is 14.8 Å². The number of nitrogens with zero attached hydrogens (tertiary/aromatic N) is 1. The van der Waals surface area contributed by atoms with Crippen LogP contribution in [-0.2, 0) is 0 Å². The fourth-order valence-corrected chi connectivity index (χ4v) is 2.91. The van der Waals surface area contributed by atoms with E-state index in [1.165, 1.54) is 5.39 Å². The highest BCUT2D eigenvalue weighted by Crippen LogP contribution is 2.33. The summed E-state index contributed by atoms with van der Waals surface area (Å²) < 4.78 is 7.02. The van der Waals surface area contributed by atoms with Crippen LogP contribution in [0.2, 0.25) is 0 Å². The van der Waals surface area contributed by atoms with E-state index in [0.29, 0.717) is 0 Å². The Morgan fingerprint density at radius 3 is 2.68 bits per heavy atom. The predicted molar refractivity (Wildman–Crippen MR) is 88.1 cm³/mol. The molecule has 2 aromatic heterocycles. The average molecular weight is 292 g/mol. The van der Waals surface area contributed by atoms with E-state index in [9.17, 15) is 5.11 Å². The van der Waals surface area contributed by atoms with Crippen LogP contribution in [0.5, 0.6) is 11.6 Å². The SMILES string of the molecule is COc1ccc2cn(-c3ccc4cc(C)[nH]c4c3)c(O)c2c1. The third-order valence-electron chi connectivity index (χ3n) is 4.02. The molecule has 0 radical (unpaired) electrons. The molecule has 0 atom stereocenters. The molecule has 0 amide bonds. The summed E-state index contributed by atoms with van der Waals surface area (Å²) in [5.41, 5.74) is 3.10. The Bertz CT molecular complexity index is 995. The van der Waals surface area contributed by atoms with Gasteiger partial charge in [-0.25, -0.2) is 0 Å². The number of aromatic amines is 1. The van der Waals surface area contributed by atoms with Crippen molar-refractivity contribution in [1.29, 1.82) is 0 Å². The number of aromatic nitrogens is 2. The molecule has 2 N–H and O–H groups in total. The van der Waals surface area contributed by atoms with Crippen LogP contribution in [-0.4, -0.2) is 21.8 Å². The van der Waals surface area contributed by atoms with Gasteiger partial charge in [0.1, 0.15) is 5.75 Å². The molecule has 0 unspecified atom stereocenters. The topological polar surface area (TPSA) is 50.2 Å². The third kappa shape index (κ3) is 1.84. The van der Waals surface area contributed by atoms with Gasteiger partial charge in [-0.15, -0.1) is 0 Å². The molecule has 0 aliphatic carbocycles. The smallest absolute Gasteiger partial charge is 0.203 e. The second-order valence-corrected chi connectivity index (χ2v) is 5.50. The monoisotopic (exact) mass is 292 g/mol. The second-order valence-electron chi connectivity index (χ2n) is 5.50. The zero-order valence-electron chi connectivity index (χ0n) is 12.4. The Morgan fingerprint density at radius 2 is 1.86 bits per heavy atom. The van der Waals surface area contributed by atoms with Gasteiger partial charge >= 0.3 is 0 Å². The standard InChI is InChI=1S/C18H16N2O2/c1-11-7-12-3-5-14(8-17(12)19-11)20-10-13-4-6-15(22-2)9-16(13)18(20)21/h3-10,19,21H,1-2H3. The maximum atomic E-state index is 10.5. The van der Waals surface area contributed by atoms with E-state index in [-0.39, 0.29) is 5.88 Å². The molecule has 22 heavy (non-hydrogen) atoms. The first-order chi connectivity index (χ1) is 10.7. The Kier molecular flexibility index (Phi) is 2.66. The van der Waals surface area contributed by atoms with Crippen molar-refractivity contribution in [3.05, 3.63) is 54.4 Å². The fraction of sp³-hybridized carbons (Fsp3) is 0.111. The summed E-state index contributed by atoms with van der Waals surface area (Å²) in [7, 11) is 1.62. The number of benzene rings is 2. The first kappa shape index (κ1) is 12.8. The zero-order valence-corrected chi connectivity index (χ0v) is 12.4. The van der Waals surface area contributed by atoms with Crippen LogP contribution in [0.3, 0.4) is 0 Å². The average Bonchev–Trinajstić information content (AvgIpc) is 3.05. The lowest BCUT2D eigenvalue weighted by Gasteiger charge is -2.05. The highest BCUT2D eigenvalue weighted by atomic mass is 16.5. The highest BCUT2D eigenvalue weighted by molar-refractivity contribution is 5.90. The first-order valence-corrected chi connectivity index (χ1v) is 7.13. The molecule has 0 aliphatic heterocycles. The Hall–Kier alpha value is -2.88. The van der Waals surface area contributed by atoms with Crippen LogP contribution >= 0.6 is 0 Å². The molecule has 0 aliphatic rings. The molecule has 4 rings (SSSR count). The minimum Gasteiger partial charge on any atom is -0.497 e. The van der Waals surface area contributed by atoms with Crippen molar-refractivity contribution in [3.8, 4) is 17.3 Å². The molecule has 4 aromatic rings. The predicted octanol–water partition coefficient (Wildman–Crippen LogP) is 4.13. The molecule has 4 heteroatoms. The molecule has 4 nitrogen and oxygen atoms in total. The van der Waals surface area contributed by atoms with Gasteiger partial charge in [-0.05, 0) is 48.7 Å². The number of aromatic hydroxyl groups is 1. The number of ether oxygens (including phenoxy) is 1. The van der Waals surface area contributed by atoms with Crippen LogP contribution in [0.4, 0.5) is 0 Å². The third-order valence-corrected chi connectivity index (χ3v) is 4.02. The lowest BCUT2D eigenvalue weighted by atomic mass is 10.2. The van der Waals surface area contributed by atoms with Crippen LogP contribution in [0.1, 0.15) is 5.69 Å². The number of nitrogens with one attached hydrogen (secondary N) is 1. The first-order valence-electron chi connectivity index (χ1n) is 7.13. The second kappa shape index (κ2) is 4.56. The maximum absolute atomic E-state index is 10.5. The molecular formula is C18H16N2O2. The van der Waals surface area contributed by atoms with Crippen molar-refractivity contribution < 1.29 is 9.84 Å². The molecule has 0 saturated heterocycles. The van der Waals surface area contributed by atoms with Crippen molar-refractivity contribution in [3.63, 3.8) is 0 Å². The molecule has 0 spiro atoms. The summed E-state index contributed by atoms with van der Waals surface area (Å²) in [5.74, 6) is 0.951. The summed E-state index contributed by atoms with van der Waals surface area (Å²) in [6.07, 6.45) is 1.93. The van der Waals surface area contributed by atoms with Gasteiger partial charge in [0, 0.05) is 28.2 Å². The van der Waals surface area contributed by atoms with Crippen molar-refractivity contribution in [2.45, 2.75) is 6.92 Å².